The summed E-state index contributed by atoms with van der Waals surface area (Å²) in [6.07, 6.45) is 9.48. The molecule has 1 aromatic heterocycles. The summed E-state index contributed by atoms with van der Waals surface area (Å²) in [6, 6.07) is 7.98. The highest BCUT2D eigenvalue weighted by atomic mass is 31.2. The lowest BCUT2D eigenvalue weighted by molar-refractivity contribution is -0.112. The van der Waals surface area contributed by atoms with Crippen LogP contribution in [0.2, 0.25) is 0 Å². The Bertz CT molecular complexity index is 1270. The molecule has 1 aromatic carbocycles. The number of aromatic nitrogens is 2. The van der Waals surface area contributed by atoms with E-state index in [0.29, 0.717) is 34.4 Å². The topological polar surface area (TPSA) is 95.7 Å². The second kappa shape index (κ2) is 8.76. The van der Waals surface area contributed by atoms with Gasteiger partial charge >= 0.3 is 7.60 Å². The molecule has 2 aromatic rings. The molecule has 4 bridgehead atoms. The number of hydrogen-bond acceptors (Lipinski definition) is 4. The van der Waals surface area contributed by atoms with Crippen LogP contribution >= 0.6 is 7.60 Å². The molecule has 3 heterocycles. The number of benzene rings is 1. The van der Waals surface area contributed by atoms with Crippen LogP contribution in [0.25, 0.3) is 11.0 Å². The minimum atomic E-state index is -4.78. The van der Waals surface area contributed by atoms with Gasteiger partial charge in [-0.2, -0.15) is 0 Å². The monoisotopic (exact) mass is 513 g/mol. The number of nitrogens with zero attached hydrogens (tertiary/aromatic N) is 3. The molecule has 7 rings (SSSR count). The lowest BCUT2D eigenvalue weighted by Crippen LogP contribution is -2.58. The molecule has 5 aliphatic rings. The zero-order chi connectivity index (χ0) is 25.4. The van der Waals surface area contributed by atoms with Crippen molar-refractivity contribution in [2.24, 2.45) is 29.1 Å². The van der Waals surface area contributed by atoms with Crippen LogP contribution in [0.1, 0.15) is 78.2 Å². The Labute approximate surface area is 213 Å². The quantitative estimate of drug-likeness (QED) is 0.573. The van der Waals surface area contributed by atoms with Crippen LogP contribution < -0.4 is 11.0 Å². The van der Waals surface area contributed by atoms with E-state index in [-0.39, 0.29) is 6.04 Å². The average molecular weight is 514 g/mol. The summed E-state index contributed by atoms with van der Waals surface area (Å²) in [7, 11) is -4.78. The zero-order valence-electron chi connectivity index (χ0n) is 21.7. The fourth-order valence-corrected chi connectivity index (χ4v) is 9.19. The summed E-state index contributed by atoms with van der Waals surface area (Å²) in [4.78, 5) is 40.1. The lowest BCUT2D eigenvalue weighted by Gasteiger charge is -2.61. The summed E-state index contributed by atoms with van der Waals surface area (Å²) >= 11 is 0. The number of fused-ring (bicyclic) bond motifs is 5. The fourth-order valence-electron chi connectivity index (χ4n) is 8.60. The van der Waals surface area contributed by atoms with Gasteiger partial charge in [-0.25, -0.2) is 4.98 Å². The molecule has 0 spiro atoms. The highest BCUT2D eigenvalue weighted by Crippen LogP contribution is 2.62. The molecule has 2 N–H and O–H groups in total. The second-order valence-corrected chi connectivity index (χ2v) is 14.3. The van der Waals surface area contributed by atoms with Gasteiger partial charge in [0.2, 0.25) is 5.44 Å². The van der Waals surface area contributed by atoms with Crippen LogP contribution in [0.3, 0.4) is 0 Å². The van der Waals surface area contributed by atoms with E-state index in [9.17, 15) is 19.1 Å². The van der Waals surface area contributed by atoms with E-state index >= 15 is 0 Å². The first-order chi connectivity index (χ1) is 17.1. The summed E-state index contributed by atoms with van der Waals surface area (Å²) in [5.41, 5.74) is 0.400. The Kier molecular flexibility index (Phi) is 6.03. The smallest absolute Gasteiger partial charge is 0.320 e. The van der Waals surface area contributed by atoms with E-state index in [1.807, 2.05) is 12.1 Å². The Morgan fingerprint density at radius 1 is 1.06 bits per heavy atom. The molecule has 8 heteroatoms. The molecule has 0 amide bonds. The van der Waals surface area contributed by atoms with Crippen LogP contribution in [0.5, 0.6) is 0 Å². The van der Waals surface area contributed by atoms with Crippen LogP contribution in [-0.2, 0) is 4.57 Å². The standard InChI is InChI=1S/C28H40N3O4P/c1-17-8-11-20-15-21(31-24-7-5-4-6-23(24)29-26(27(31)32)36(33,34)35)16-25(17)30(20)13-12-18-9-10-19-14-22(18)28(19,2)3/h4-7,17-22,25H,8-16H2,1-3H3,(H2,33,34,35)/t17-,18-,19-,20+,21-,22-,25+/m0/s1. The molecule has 0 unspecified atom stereocenters. The van der Waals surface area contributed by atoms with Gasteiger partial charge in [-0.05, 0) is 99.1 Å². The van der Waals surface area contributed by atoms with Crippen molar-refractivity contribution in [3.63, 3.8) is 0 Å². The normalized spacial score (nSPS) is 36.0. The van der Waals surface area contributed by atoms with Gasteiger partial charge in [0.25, 0.3) is 5.56 Å². The van der Waals surface area contributed by atoms with E-state index in [2.05, 4.69) is 30.7 Å². The van der Waals surface area contributed by atoms with Gasteiger partial charge in [0, 0.05) is 18.1 Å². The van der Waals surface area contributed by atoms with Crippen molar-refractivity contribution in [2.45, 2.75) is 90.3 Å². The molecule has 0 radical (unpaired) electrons. The maximum atomic E-state index is 13.4. The van der Waals surface area contributed by atoms with Gasteiger partial charge in [0.05, 0.1) is 11.0 Å². The fraction of sp³-hybridized carbons (Fsp3) is 0.714. The van der Waals surface area contributed by atoms with Gasteiger partial charge in [-0.1, -0.05) is 32.9 Å². The molecule has 36 heavy (non-hydrogen) atoms. The maximum Gasteiger partial charge on any atom is 0.380 e. The van der Waals surface area contributed by atoms with E-state index in [1.165, 1.54) is 32.1 Å². The van der Waals surface area contributed by atoms with Crippen LogP contribution in [0, 0.1) is 29.1 Å². The van der Waals surface area contributed by atoms with Crippen LogP contribution in [-0.4, -0.2) is 42.9 Å². The first-order valence-electron chi connectivity index (χ1n) is 13.9. The number of hydrogen-bond donors (Lipinski definition) is 2. The molecule has 3 saturated carbocycles. The third-order valence-electron chi connectivity index (χ3n) is 10.7. The first-order valence-corrected chi connectivity index (χ1v) is 15.5. The van der Waals surface area contributed by atoms with Gasteiger partial charge in [0.1, 0.15) is 0 Å². The molecule has 7 atom stereocenters. The van der Waals surface area contributed by atoms with Gasteiger partial charge < -0.3 is 14.4 Å². The Morgan fingerprint density at radius 3 is 2.56 bits per heavy atom. The average Bonchev–Trinajstić information content (AvgIpc) is 2.84. The van der Waals surface area contributed by atoms with E-state index in [4.69, 9.17) is 0 Å². The molecule has 2 saturated heterocycles. The largest absolute Gasteiger partial charge is 0.380 e. The van der Waals surface area contributed by atoms with E-state index < -0.39 is 18.6 Å². The maximum absolute atomic E-state index is 13.4. The summed E-state index contributed by atoms with van der Waals surface area (Å²) in [5, 5.41) is 0. The Morgan fingerprint density at radius 2 is 1.83 bits per heavy atom. The predicted octanol–water partition coefficient (Wildman–Crippen LogP) is 4.47. The minimum Gasteiger partial charge on any atom is -0.320 e. The molecule has 196 valence electrons. The van der Waals surface area contributed by atoms with Crippen molar-refractivity contribution in [3.8, 4) is 0 Å². The predicted molar refractivity (Wildman–Crippen MR) is 141 cm³/mol. The molecular weight excluding hydrogens is 473 g/mol. The van der Waals surface area contributed by atoms with E-state index in [1.54, 1.807) is 16.7 Å². The van der Waals surface area contributed by atoms with Gasteiger partial charge in [-0.15, -0.1) is 0 Å². The highest BCUT2D eigenvalue weighted by Gasteiger charge is 2.54. The van der Waals surface area contributed by atoms with Gasteiger partial charge in [-0.3, -0.25) is 14.3 Å². The third kappa shape index (κ3) is 3.93. The van der Waals surface area contributed by atoms with Crippen molar-refractivity contribution in [1.29, 1.82) is 0 Å². The Hall–Kier alpha value is -1.53. The van der Waals surface area contributed by atoms with E-state index in [0.717, 1.165) is 43.6 Å². The minimum absolute atomic E-state index is 0.0781. The zero-order valence-corrected chi connectivity index (χ0v) is 22.6. The van der Waals surface area contributed by atoms with Crippen molar-refractivity contribution >= 4 is 24.1 Å². The molecule has 3 aliphatic carbocycles. The lowest BCUT2D eigenvalue weighted by atomic mass is 9.45. The summed E-state index contributed by atoms with van der Waals surface area (Å²) in [6.45, 7) is 8.42. The van der Waals surface area contributed by atoms with Crippen molar-refractivity contribution in [3.05, 3.63) is 34.6 Å². The first kappa shape index (κ1) is 24.8. The third-order valence-corrected chi connectivity index (χ3v) is 11.6. The molecular formula is C28H40N3O4P. The molecule has 7 nitrogen and oxygen atoms in total. The van der Waals surface area contributed by atoms with Gasteiger partial charge in [0.15, 0.2) is 0 Å². The SMILES string of the molecule is C[C@H]1CC[C@@H]2C[C@H](n3c(=O)c(P(=O)(O)O)nc4ccccc43)C[C@H]1N2CC[C@@H]1CC[C@H]2C[C@@H]1C2(C)C. The number of para-hydroxylation sites is 2. The van der Waals surface area contributed by atoms with Crippen molar-refractivity contribution < 1.29 is 14.4 Å². The van der Waals surface area contributed by atoms with Crippen LogP contribution in [0.15, 0.2) is 29.1 Å². The van der Waals surface area contributed by atoms with Crippen molar-refractivity contribution in [1.82, 2.24) is 14.5 Å². The molecule has 2 aliphatic heterocycles. The number of piperidine rings is 2. The molecule has 5 fully saturated rings. The Balaban J connectivity index is 1.28. The van der Waals surface area contributed by atoms with Crippen LogP contribution in [0.4, 0.5) is 0 Å². The number of rotatable bonds is 5. The van der Waals surface area contributed by atoms with Crippen molar-refractivity contribution in [2.75, 3.05) is 6.54 Å². The highest BCUT2D eigenvalue weighted by molar-refractivity contribution is 7.59. The summed E-state index contributed by atoms with van der Waals surface area (Å²) in [5.74, 6) is 3.18. The second-order valence-electron chi connectivity index (χ2n) is 12.8. The summed E-state index contributed by atoms with van der Waals surface area (Å²) < 4.78 is 13.8.